The second-order valence-electron chi connectivity index (χ2n) is 4.52. The van der Waals surface area contributed by atoms with Crippen molar-refractivity contribution < 1.29 is 0 Å². The first-order valence-corrected chi connectivity index (χ1v) is 6.89. The minimum atomic E-state index is 0.616. The van der Waals surface area contributed by atoms with Gasteiger partial charge in [-0.1, -0.05) is 31.2 Å². The van der Waals surface area contributed by atoms with Crippen LogP contribution in [0.25, 0.3) is 0 Å². The van der Waals surface area contributed by atoms with Crippen molar-refractivity contribution in [1.82, 2.24) is 5.32 Å². The van der Waals surface area contributed by atoms with Gasteiger partial charge in [0.2, 0.25) is 0 Å². The van der Waals surface area contributed by atoms with Crippen LogP contribution in [0.3, 0.4) is 0 Å². The first kappa shape index (κ1) is 9.73. The minimum Gasteiger partial charge on any atom is -0.305 e. The molecular formula is C13H17NS. The van der Waals surface area contributed by atoms with Crippen LogP contribution in [0.2, 0.25) is 0 Å². The molecule has 0 saturated carbocycles. The van der Waals surface area contributed by atoms with Crippen LogP contribution in [-0.4, -0.2) is 17.0 Å². The predicted octanol–water partition coefficient (Wildman–Crippen LogP) is 2.77. The SMILES string of the molecule is CCC1CSC2Cc3ccccc3C2N1. The molecule has 3 rings (SSSR count). The van der Waals surface area contributed by atoms with E-state index in [4.69, 9.17) is 0 Å². The fraction of sp³-hybridized carbons (Fsp3) is 0.538. The van der Waals surface area contributed by atoms with E-state index in [0.717, 1.165) is 5.25 Å². The topological polar surface area (TPSA) is 12.0 Å². The summed E-state index contributed by atoms with van der Waals surface area (Å²) in [6.07, 6.45) is 2.51. The summed E-state index contributed by atoms with van der Waals surface area (Å²) in [6.45, 7) is 2.28. The highest BCUT2D eigenvalue weighted by molar-refractivity contribution is 8.00. The van der Waals surface area contributed by atoms with E-state index in [1.165, 1.54) is 18.6 Å². The monoisotopic (exact) mass is 219 g/mol. The molecule has 1 aliphatic carbocycles. The Bertz CT molecular complexity index is 363. The van der Waals surface area contributed by atoms with E-state index in [1.807, 2.05) is 0 Å². The Morgan fingerprint density at radius 1 is 1.40 bits per heavy atom. The van der Waals surface area contributed by atoms with E-state index in [9.17, 15) is 0 Å². The molecule has 3 unspecified atom stereocenters. The zero-order chi connectivity index (χ0) is 10.3. The Balaban J connectivity index is 1.89. The van der Waals surface area contributed by atoms with Crippen molar-refractivity contribution >= 4 is 11.8 Å². The molecule has 2 aliphatic rings. The molecule has 15 heavy (non-hydrogen) atoms. The van der Waals surface area contributed by atoms with Crippen molar-refractivity contribution in [3.05, 3.63) is 35.4 Å². The smallest absolute Gasteiger partial charge is 0.0448 e. The molecule has 3 atom stereocenters. The quantitative estimate of drug-likeness (QED) is 0.779. The molecule has 0 spiro atoms. The fourth-order valence-electron chi connectivity index (χ4n) is 2.69. The molecule has 1 saturated heterocycles. The van der Waals surface area contributed by atoms with Crippen LogP contribution in [0.1, 0.15) is 30.5 Å². The van der Waals surface area contributed by atoms with E-state index in [2.05, 4.69) is 48.3 Å². The van der Waals surface area contributed by atoms with Gasteiger partial charge in [0.05, 0.1) is 0 Å². The standard InChI is InChI=1S/C13H17NS/c1-2-10-8-15-12-7-9-5-3-4-6-11(9)13(12)14-10/h3-6,10,12-14H,2,7-8H2,1H3. The summed E-state index contributed by atoms with van der Waals surface area (Å²) in [5.74, 6) is 1.28. The largest absolute Gasteiger partial charge is 0.305 e. The Kier molecular flexibility index (Phi) is 2.49. The third kappa shape index (κ3) is 1.60. The van der Waals surface area contributed by atoms with Crippen molar-refractivity contribution in [1.29, 1.82) is 0 Å². The van der Waals surface area contributed by atoms with Crippen molar-refractivity contribution in [2.24, 2.45) is 0 Å². The van der Waals surface area contributed by atoms with Crippen LogP contribution in [0.15, 0.2) is 24.3 Å². The maximum Gasteiger partial charge on any atom is 0.0448 e. The predicted molar refractivity (Wildman–Crippen MR) is 66.3 cm³/mol. The lowest BCUT2D eigenvalue weighted by Gasteiger charge is -2.33. The number of thioether (sulfide) groups is 1. The van der Waals surface area contributed by atoms with Gasteiger partial charge in [0.1, 0.15) is 0 Å². The van der Waals surface area contributed by atoms with Gasteiger partial charge < -0.3 is 5.32 Å². The maximum absolute atomic E-state index is 3.80. The van der Waals surface area contributed by atoms with Crippen molar-refractivity contribution in [3.63, 3.8) is 0 Å². The van der Waals surface area contributed by atoms with Crippen molar-refractivity contribution in [2.75, 3.05) is 5.75 Å². The first-order chi connectivity index (χ1) is 7.38. The van der Waals surface area contributed by atoms with Gasteiger partial charge in [-0.25, -0.2) is 0 Å². The van der Waals surface area contributed by atoms with Crippen LogP contribution in [0, 0.1) is 0 Å². The minimum absolute atomic E-state index is 0.616. The van der Waals surface area contributed by atoms with E-state index >= 15 is 0 Å². The van der Waals surface area contributed by atoms with Crippen molar-refractivity contribution in [2.45, 2.75) is 37.1 Å². The normalized spacial score (nSPS) is 33.5. The van der Waals surface area contributed by atoms with Crippen LogP contribution in [0.4, 0.5) is 0 Å². The lowest BCUT2D eigenvalue weighted by molar-refractivity contribution is 0.439. The van der Waals surface area contributed by atoms with E-state index in [-0.39, 0.29) is 0 Å². The summed E-state index contributed by atoms with van der Waals surface area (Å²) in [5.41, 5.74) is 3.11. The third-order valence-electron chi connectivity index (χ3n) is 3.60. The molecule has 1 aromatic rings. The molecule has 0 radical (unpaired) electrons. The summed E-state index contributed by atoms with van der Waals surface area (Å²) in [4.78, 5) is 0. The Morgan fingerprint density at radius 3 is 3.13 bits per heavy atom. The van der Waals surface area contributed by atoms with Crippen LogP contribution in [-0.2, 0) is 6.42 Å². The second kappa shape index (κ2) is 3.84. The summed E-state index contributed by atoms with van der Waals surface area (Å²) < 4.78 is 0. The van der Waals surface area contributed by atoms with Crippen LogP contribution >= 0.6 is 11.8 Å². The molecule has 1 nitrogen and oxygen atoms in total. The molecule has 2 heteroatoms. The van der Waals surface area contributed by atoms with Gasteiger partial charge in [-0.15, -0.1) is 0 Å². The van der Waals surface area contributed by atoms with Gasteiger partial charge in [-0.2, -0.15) is 11.8 Å². The summed E-state index contributed by atoms with van der Waals surface area (Å²) in [7, 11) is 0. The summed E-state index contributed by atoms with van der Waals surface area (Å²) in [6, 6.07) is 10.2. The highest BCUT2D eigenvalue weighted by atomic mass is 32.2. The number of nitrogens with one attached hydrogen (secondary N) is 1. The van der Waals surface area contributed by atoms with Gasteiger partial charge in [-0.3, -0.25) is 0 Å². The summed E-state index contributed by atoms with van der Waals surface area (Å²) >= 11 is 2.16. The third-order valence-corrected chi connectivity index (χ3v) is 5.06. The summed E-state index contributed by atoms with van der Waals surface area (Å²) in [5, 5.41) is 4.58. The zero-order valence-corrected chi connectivity index (χ0v) is 9.89. The van der Waals surface area contributed by atoms with Gasteiger partial charge in [-0.05, 0) is 24.0 Å². The second-order valence-corrected chi connectivity index (χ2v) is 5.80. The van der Waals surface area contributed by atoms with Gasteiger partial charge in [0.15, 0.2) is 0 Å². The molecule has 1 aromatic carbocycles. The lowest BCUT2D eigenvalue weighted by Crippen LogP contribution is -2.42. The number of benzene rings is 1. The average molecular weight is 219 g/mol. The van der Waals surface area contributed by atoms with Gasteiger partial charge >= 0.3 is 0 Å². The molecular weight excluding hydrogens is 202 g/mol. The molecule has 0 amide bonds. The molecule has 80 valence electrons. The van der Waals surface area contributed by atoms with E-state index in [1.54, 1.807) is 11.1 Å². The highest BCUT2D eigenvalue weighted by Gasteiger charge is 2.36. The zero-order valence-electron chi connectivity index (χ0n) is 9.07. The first-order valence-electron chi connectivity index (χ1n) is 5.84. The Morgan fingerprint density at radius 2 is 2.27 bits per heavy atom. The van der Waals surface area contributed by atoms with E-state index < -0.39 is 0 Å². The average Bonchev–Trinajstić information content (AvgIpc) is 2.66. The highest BCUT2D eigenvalue weighted by Crippen LogP contribution is 2.41. The number of fused-ring (bicyclic) bond motifs is 3. The number of hydrogen-bond donors (Lipinski definition) is 1. The molecule has 0 bridgehead atoms. The van der Waals surface area contributed by atoms with Crippen molar-refractivity contribution in [3.8, 4) is 0 Å². The fourth-order valence-corrected chi connectivity index (χ4v) is 4.21. The molecule has 1 aliphatic heterocycles. The van der Waals surface area contributed by atoms with Crippen LogP contribution < -0.4 is 5.32 Å². The Hall–Kier alpha value is -0.470. The molecule has 1 N–H and O–H groups in total. The van der Waals surface area contributed by atoms with Gasteiger partial charge in [0.25, 0.3) is 0 Å². The lowest BCUT2D eigenvalue weighted by atomic mass is 10.1. The van der Waals surface area contributed by atoms with E-state index in [0.29, 0.717) is 12.1 Å². The number of hydrogen-bond acceptors (Lipinski definition) is 2. The molecule has 0 aromatic heterocycles. The Labute approximate surface area is 95.6 Å². The molecule has 1 fully saturated rings. The molecule has 1 heterocycles. The number of rotatable bonds is 1. The van der Waals surface area contributed by atoms with Gasteiger partial charge in [0, 0.05) is 23.1 Å². The van der Waals surface area contributed by atoms with Crippen LogP contribution in [0.5, 0.6) is 0 Å². The maximum atomic E-state index is 3.80.